The number of aryl methyl sites for hydroxylation is 2. The molecule has 35 heavy (non-hydrogen) atoms. The zero-order valence-corrected chi connectivity index (χ0v) is 20.4. The van der Waals surface area contributed by atoms with Gasteiger partial charge in [-0.2, -0.15) is 5.10 Å². The van der Waals surface area contributed by atoms with E-state index >= 15 is 0 Å². The lowest BCUT2D eigenvalue weighted by Crippen LogP contribution is -2.27. The van der Waals surface area contributed by atoms with Crippen LogP contribution in [0.5, 0.6) is 0 Å². The van der Waals surface area contributed by atoms with Gasteiger partial charge in [-0.1, -0.05) is 54.8 Å². The van der Waals surface area contributed by atoms with E-state index in [1.807, 2.05) is 63.2 Å². The van der Waals surface area contributed by atoms with Gasteiger partial charge < -0.3 is 15.6 Å². The van der Waals surface area contributed by atoms with Gasteiger partial charge in [-0.25, -0.2) is 5.10 Å². The number of nitrogens with zero attached hydrogens (tertiary/aromatic N) is 2. The fraction of sp³-hybridized carbons (Fsp3) is 0.321. The first-order valence-electron chi connectivity index (χ1n) is 12.2. The number of hydrogen-bond donors (Lipinski definition) is 3. The Morgan fingerprint density at radius 3 is 2.57 bits per heavy atom. The Labute approximate surface area is 204 Å². The molecule has 180 valence electrons. The van der Waals surface area contributed by atoms with E-state index in [2.05, 4.69) is 26.3 Å². The number of benzene rings is 2. The van der Waals surface area contributed by atoms with E-state index in [1.165, 1.54) is 12.8 Å². The smallest absolute Gasteiger partial charge is 0.288 e. The van der Waals surface area contributed by atoms with Crippen LogP contribution in [0.2, 0.25) is 0 Å². The summed E-state index contributed by atoms with van der Waals surface area (Å²) in [7, 11) is 0. The molecule has 2 aromatic heterocycles. The number of rotatable bonds is 5. The van der Waals surface area contributed by atoms with E-state index in [1.54, 1.807) is 0 Å². The molecule has 1 fully saturated rings. The second-order valence-electron chi connectivity index (χ2n) is 9.69. The molecule has 4 N–H and O–H groups in total. The van der Waals surface area contributed by atoms with Crippen LogP contribution in [0.4, 0.5) is 5.82 Å². The average Bonchev–Trinajstić information content (AvgIpc) is 3.52. The average molecular weight is 470 g/mol. The number of anilines is 1. The Morgan fingerprint density at radius 2 is 1.86 bits per heavy atom. The number of nitrogens with two attached hydrogens (primary N) is 1. The van der Waals surface area contributed by atoms with Crippen molar-refractivity contribution >= 4 is 22.6 Å². The van der Waals surface area contributed by atoms with E-state index in [-0.39, 0.29) is 17.5 Å². The standard InChI is InChI=1S/C28H31N5O2/c1-16-8-9-17(2)22(14-16)27(34)30-18(3)19-10-12-20(13-11-19)23-15-33(21-6-4-5-7-21)25-24(23)26(29)31-32-28(25)35/h8-15,18,21H,4-7H2,1-3H3,(H2,29,31)(H,30,34)(H,32,35)/t18-/m0/s1. The molecule has 0 aliphatic heterocycles. The number of aromatic amines is 1. The molecule has 1 atom stereocenters. The van der Waals surface area contributed by atoms with Gasteiger partial charge in [-0.3, -0.25) is 9.59 Å². The second kappa shape index (κ2) is 9.06. The van der Waals surface area contributed by atoms with Crippen molar-refractivity contribution in [1.82, 2.24) is 20.1 Å². The molecule has 0 saturated heterocycles. The summed E-state index contributed by atoms with van der Waals surface area (Å²) < 4.78 is 2.09. The van der Waals surface area contributed by atoms with Crippen molar-refractivity contribution in [2.75, 3.05) is 5.73 Å². The van der Waals surface area contributed by atoms with Gasteiger partial charge in [-0.05, 0) is 56.4 Å². The molecule has 0 unspecified atom stereocenters. The van der Waals surface area contributed by atoms with Gasteiger partial charge >= 0.3 is 0 Å². The normalized spacial score (nSPS) is 14.9. The highest BCUT2D eigenvalue weighted by Crippen LogP contribution is 2.38. The zero-order chi connectivity index (χ0) is 24.7. The lowest BCUT2D eigenvalue weighted by Gasteiger charge is -2.16. The van der Waals surface area contributed by atoms with Gasteiger partial charge in [0.25, 0.3) is 11.5 Å². The number of hydrogen-bond acceptors (Lipinski definition) is 4. The molecule has 0 radical (unpaired) electrons. The van der Waals surface area contributed by atoms with Crippen molar-refractivity contribution in [3.05, 3.63) is 81.3 Å². The van der Waals surface area contributed by atoms with Crippen LogP contribution in [0.3, 0.4) is 0 Å². The maximum absolute atomic E-state index is 12.9. The van der Waals surface area contributed by atoms with Crippen LogP contribution in [0, 0.1) is 13.8 Å². The quantitative estimate of drug-likeness (QED) is 0.374. The molecule has 1 aliphatic carbocycles. The van der Waals surface area contributed by atoms with Crippen molar-refractivity contribution in [2.24, 2.45) is 0 Å². The van der Waals surface area contributed by atoms with Gasteiger partial charge in [-0.15, -0.1) is 0 Å². The Morgan fingerprint density at radius 1 is 1.14 bits per heavy atom. The number of carbonyl (C=O) groups is 1. The zero-order valence-electron chi connectivity index (χ0n) is 20.4. The van der Waals surface area contributed by atoms with Crippen LogP contribution in [-0.2, 0) is 0 Å². The molecular weight excluding hydrogens is 438 g/mol. The third-order valence-corrected chi connectivity index (χ3v) is 7.21. The summed E-state index contributed by atoms with van der Waals surface area (Å²) in [6, 6.07) is 14.1. The Kier molecular flexibility index (Phi) is 5.93. The van der Waals surface area contributed by atoms with Gasteiger partial charge in [0.1, 0.15) is 5.52 Å². The predicted molar refractivity (Wildman–Crippen MR) is 140 cm³/mol. The molecule has 0 spiro atoms. The minimum Gasteiger partial charge on any atom is -0.382 e. The van der Waals surface area contributed by atoms with E-state index in [9.17, 15) is 9.59 Å². The second-order valence-corrected chi connectivity index (χ2v) is 9.69. The largest absolute Gasteiger partial charge is 0.382 e. The molecule has 1 amide bonds. The van der Waals surface area contributed by atoms with Crippen molar-refractivity contribution in [1.29, 1.82) is 0 Å². The van der Waals surface area contributed by atoms with E-state index in [0.717, 1.165) is 40.7 Å². The molecule has 5 rings (SSSR count). The summed E-state index contributed by atoms with van der Waals surface area (Å²) in [5.74, 6) is 0.241. The lowest BCUT2D eigenvalue weighted by molar-refractivity contribution is 0.0939. The van der Waals surface area contributed by atoms with Crippen molar-refractivity contribution in [3.8, 4) is 11.1 Å². The van der Waals surface area contributed by atoms with Gasteiger partial charge in [0.15, 0.2) is 5.82 Å². The number of nitrogen functional groups attached to an aromatic ring is 1. The lowest BCUT2D eigenvalue weighted by atomic mass is 10.0. The van der Waals surface area contributed by atoms with Crippen molar-refractivity contribution in [2.45, 2.75) is 58.5 Å². The first-order chi connectivity index (χ1) is 16.8. The molecule has 2 heterocycles. The van der Waals surface area contributed by atoms with E-state index in [4.69, 9.17) is 5.73 Å². The summed E-state index contributed by atoms with van der Waals surface area (Å²) >= 11 is 0. The van der Waals surface area contributed by atoms with Crippen LogP contribution >= 0.6 is 0 Å². The van der Waals surface area contributed by atoms with E-state index in [0.29, 0.717) is 28.3 Å². The minimum absolute atomic E-state index is 0.0829. The monoisotopic (exact) mass is 469 g/mol. The topological polar surface area (TPSA) is 106 Å². The Hall–Kier alpha value is -3.87. The van der Waals surface area contributed by atoms with Gasteiger partial charge in [0.2, 0.25) is 0 Å². The first kappa shape index (κ1) is 22.9. The van der Waals surface area contributed by atoms with Gasteiger partial charge in [0, 0.05) is 23.4 Å². The van der Waals surface area contributed by atoms with Gasteiger partial charge in [0.05, 0.1) is 11.4 Å². The Balaban J connectivity index is 1.45. The predicted octanol–water partition coefficient (Wildman–Crippen LogP) is 5.20. The molecule has 1 saturated carbocycles. The maximum Gasteiger partial charge on any atom is 0.288 e. The number of carbonyl (C=O) groups excluding carboxylic acids is 1. The van der Waals surface area contributed by atoms with Crippen LogP contribution in [-0.4, -0.2) is 20.7 Å². The first-order valence-corrected chi connectivity index (χ1v) is 12.2. The SMILES string of the molecule is Cc1ccc(C)c(C(=O)N[C@@H](C)c2ccc(-c3cn(C4CCCC4)c4c(=O)[nH]nc(N)c34)cc2)c1. The fourth-order valence-corrected chi connectivity index (χ4v) is 5.21. The highest BCUT2D eigenvalue weighted by Gasteiger charge is 2.24. The number of amides is 1. The molecular formula is C28H31N5O2. The van der Waals surface area contributed by atoms with Crippen molar-refractivity contribution < 1.29 is 4.79 Å². The summed E-state index contributed by atoms with van der Waals surface area (Å²) in [6.07, 6.45) is 6.49. The summed E-state index contributed by atoms with van der Waals surface area (Å²) in [5, 5.41) is 10.4. The Bertz CT molecular complexity index is 1460. The van der Waals surface area contributed by atoms with Crippen LogP contribution < -0.4 is 16.6 Å². The number of aromatic nitrogens is 3. The van der Waals surface area contributed by atoms with Crippen LogP contribution in [0.25, 0.3) is 22.0 Å². The summed E-state index contributed by atoms with van der Waals surface area (Å²) in [5.41, 5.74) is 12.2. The highest BCUT2D eigenvalue weighted by molar-refractivity contribution is 6.02. The highest BCUT2D eigenvalue weighted by atomic mass is 16.1. The minimum atomic E-state index is -0.216. The molecule has 7 heteroatoms. The number of H-pyrrole nitrogens is 1. The maximum atomic E-state index is 12.9. The van der Waals surface area contributed by atoms with Crippen LogP contribution in [0.15, 0.2) is 53.5 Å². The molecule has 7 nitrogen and oxygen atoms in total. The third-order valence-electron chi connectivity index (χ3n) is 7.21. The third kappa shape index (κ3) is 4.22. The molecule has 4 aromatic rings. The molecule has 0 bridgehead atoms. The number of fused-ring (bicyclic) bond motifs is 1. The summed E-state index contributed by atoms with van der Waals surface area (Å²) in [6.45, 7) is 5.91. The fourth-order valence-electron chi connectivity index (χ4n) is 5.21. The number of nitrogens with one attached hydrogen (secondary N) is 2. The molecule has 1 aliphatic rings. The van der Waals surface area contributed by atoms with Crippen molar-refractivity contribution in [3.63, 3.8) is 0 Å². The van der Waals surface area contributed by atoms with Crippen LogP contribution in [0.1, 0.15) is 71.7 Å². The molecule has 2 aromatic carbocycles. The van der Waals surface area contributed by atoms with E-state index < -0.39 is 0 Å². The summed E-state index contributed by atoms with van der Waals surface area (Å²) in [4.78, 5) is 25.6.